The van der Waals surface area contributed by atoms with Crippen molar-refractivity contribution in [2.24, 2.45) is 5.10 Å². The summed E-state index contributed by atoms with van der Waals surface area (Å²) in [6, 6.07) is 21.1. The van der Waals surface area contributed by atoms with Crippen LogP contribution >= 0.6 is 23.2 Å². The molecule has 4 rings (SSSR count). The lowest BCUT2D eigenvalue weighted by Gasteiger charge is -2.10. The highest BCUT2D eigenvalue weighted by Crippen LogP contribution is 2.28. The number of rotatable bonds is 8. The van der Waals surface area contributed by atoms with E-state index in [4.69, 9.17) is 27.9 Å². The van der Waals surface area contributed by atoms with E-state index in [1.54, 1.807) is 12.3 Å². The van der Waals surface area contributed by atoms with Gasteiger partial charge in [-0.25, -0.2) is 5.43 Å². The number of fused-ring (bicyclic) bond motifs is 1. The molecule has 0 saturated carbocycles. The fourth-order valence-electron chi connectivity index (χ4n) is 3.91. The van der Waals surface area contributed by atoms with Crippen LogP contribution in [0.1, 0.15) is 29.3 Å². The van der Waals surface area contributed by atoms with E-state index in [-0.39, 0.29) is 12.3 Å². The van der Waals surface area contributed by atoms with E-state index in [0.29, 0.717) is 23.2 Å². The Morgan fingerprint density at radius 1 is 1.09 bits per heavy atom. The molecule has 1 heterocycles. The minimum atomic E-state index is -0.185. The lowest BCUT2D eigenvalue weighted by molar-refractivity contribution is -0.120. The highest BCUT2D eigenvalue weighted by atomic mass is 35.5. The maximum absolute atomic E-state index is 12.4. The molecular weight excluding hydrogens is 469 g/mol. The van der Waals surface area contributed by atoms with Gasteiger partial charge in [-0.2, -0.15) is 5.10 Å². The average Bonchev–Trinajstić information content (AvgIpc) is 3.08. The van der Waals surface area contributed by atoms with Crippen LogP contribution < -0.4 is 10.2 Å². The van der Waals surface area contributed by atoms with Gasteiger partial charge >= 0.3 is 0 Å². The summed E-state index contributed by atoms with van der Waals surface area (Å²) < 4.78 is 7.63. The predicted octanol–water partition coefficient (Wildman–Crippen LogP) is 6.40. The molecule has 0 unspecified atom stereocenters. The van der Waals surface area contributed by atoms with Gasteiger partial charge in [-0.1, -0.05) is 59.6 Å². The third-order valence-corrected chi connectivity index (χ3v) is 6.19. The first-order valence-electron chi connectivity index (χ1n) is 11.0. The van der Waals surface area contributed by atoms with E-state index >= 15 is 0 Å². The number of hydrogen-bond acceptors (Lipinski definition) is 3. The van der Waals surface area contributed by atoms with Crippen molar-refractivity contribution in [3.63, 3.8) is 0 Å². The van der Waals surface area contributed by atoms with Gasteiger partial charge in [0.15, 0.2) is 0 Å². The molecular formula is C27H25Cl2N3O2. The summed E-state index contributed by atoms with van der Waals surface area (Å²) in [5.74, 6) is 0.603. The van der Waals surface area contributed by atoms with Gasteiger partial charge < -0.3 is 9.30 Å². The zero-order valence-corrected chi connectivity index (χ0v) is 20.5. The molecule has 1 amide bonds. The summed E-state index contributed by atoms with van der Waals surface area (Å²) in [4.78, 5) is 12.4. The third kappa shape index (κ3) is 5.44. The second kappa shape index (κ2) is 10.8. The molecule has 0 saturated heterocycles. The van der Waals surface area contributed by atoms with Crippen molar-refractivity contribution < 1.29 is 9.53 Å². The Bertz CT molecular complexity index is 1340. The van der Waals surface area contributed by atoms with E-state index in [0.717, 1.165) is 39.0 Å². The van der Waals surface area contributed by atoms with Crippen LogP contribution in [-0.4, -0.2) is 23.3 Å². The Labute approximate surface area is 208 Å². The molecule has 0 aliphatic carbocycles. The van der Waals surface area contributed by atoms with Crippen LogP contribution in [0.5, 0.6) is 5.75 Å². The number of para-hydroxylation sites is 1. The molecule has 0 spiro atoms. The molecule has 0 aliphatic rings. The third-order valence-electron chi connectivity index (χ3n) is 5.61. The predicted molar refractivity (Wildman–Crippen MR) is 139 cm³/mol. The summed E-state index contributed by atoms with van der Waals surface area (Å²) in [7, 11) is 0. The topological polar surface area (TPSA) is 55.6 Å². The molecule has 1 N–H and O–H groups in total. The number of hydrogen-bond donors (Lipinski definition) is 1. The van der Waals surface area contributed by atoms with Crippen LogP contribution in [0.3, 0.4) is 0 Å². The molecule has 0 fully saturated rings. The number of nitrogens with one attached hydrogen (secondary N) is 1. The Morgan fingerprint density at radius 3 is 2.59 bits per heavy atom. The second-order valence-electron chi connectivity index (χ2n) is 7.89. The number of carbonyl (C=O) groups is 1. The lowest BCUT2D eigenvalue weighted by Crippen LogP contribution is -2.19. The first-order valence-corrected chi connectivity index (χ1v) is 11.8. The van der Waals surface area contributed by atoms with Gasteiger partial charge in [-0.3, -0.25) is 4.79 Å². The Hall–Kier alpha value is -3.28. The maximum Gasteiger partial charge on any atom is 0.244 e. The van der Waals surface area contributed by atoms with Crippen LogP contribution in [-0.2, 0) is 17.8 Å². The number of aromatic nitrogens is 1. The fourth-order valence-corrected chi connectivity index (χ4v) is 4.38. The molecule has 0 aliphatic heterocycles. The van der Waals surface area contributed by atoms with E-state index in [2.05, 4.69) is 21.2 Å². The smallest absolute Gasteiger partial charge is 0.244 e. The van der Waals surface area contributed by atoms with Crippen LogP contribution in [0, 0.1) is 6.92 Å². The fraction of sp³-hybridized carbons (Fsp3) is 0.185. The van der Waals surface area contributed by atoms with Crippen LogP contribution in [0.25, 0.3) is 10.9 Å². The monoisotopic (exact) mass is 493 g/mol. The zero-order valence-electron chi connectivity index (χ0n) is 19.0. The summed E-state index contributed by atoms with van der Waals surface area (Å²) in [5.41, 5.74) is 7.54. The van der Waals surface area contributed by atoms with Crippen molar-refractivity contribution in [3.05, 3.63) is 99.2 Å². The summed E-state index contributed by atoms with van der Waals surface area (Å²) in [6.07, 6.45) is 1.94. The number of amides is 1. The van der Waals surface area contributed by atoms with Crippen molar-refractivity contribution >= 4 is 46.2 Å². The van der Waals surface area contributed by atoms with Crippen molar-refractivity contribution in [2.75, 3.05) is 6.61 Å². The molecule has 0 radical (unpaired) electrons. The normalized spacial score (nSPS) is 11.3. The molecule has 3 aromatic carbocycles. The average molecular weight is 494 g/mol. The van der Waals surface area contributed by atoms with Crippen LogP contribution in [0.4, 0.5) is 0 Å². The van der Waals surface area contributed by atoms with Gasteiger partial charge in [0.25, 0.3) is 0 Å². The largest absolute Gasteiger partial charge is 0.494 e. The Kier molecular flexibility index (Phi) is 7.56. The number of halogens is 2. The molecule has 1 aromatic heterocycles. The standard InChI is InChI=1S/C27H25Cl2N3O2/c1-3-34-22-12-8-19(9-13-22)14-27(33)31-30-16-24-18(2)32(26-7-5-4-6-23(24)26)17-20-10-11-21(28)15-25(20)29/h4-13,15-16H,3,14,17H2,1-2H3,(H,31,33)/b30-16-. The van der Waals surface area contributed by atoms with Crippen molar-refractivity contribution in [2.45, 2.75) is 26.8 Å². The summed E-state index contributed by atoms with van der Waals surface area (Å²) >= 11 is 12.5. The number of benzene rings is 3. The van der Waals surface area contributed by atoms with Crippen molar-refractivity contribution in [1.29, 1.82) is 0 Å². The minimum absolute atomic E-state index is 0.185. The second-order valence-corrected chi connectivity index (χ2v) is 8.73. The van der Waals surface area contributed by atoms with Crippen LogP contribution in [0.15, 0.2) is 71.8 Å². The van der Waals surface area contributed by atoms with Gasteiger partial charge in [-0.15, -0.1) is 0 Å². The van der Waals surface area contributed by atoms with E-state index in [1.807, 2.05) is 68.4 Å². The molecule has 174 valence electrons. The summed E-state index contributed by atoms with van der Waals surface area (Å²) in [6.45, 7) is 5.18. The lowest BCUT2D eigenvalue weighted by atomic mass is 10.1. The van der Waals surface area contributed by atoms with Gasteiger partial charge in [0.2, 0.25) is 5.91 Å². The zero-order chi connectivity index (χ0) is 24.1. The van der Waals surface area contributed by atoms with Crippen molar-refractivity contribution in [3.8, 4) is 5.75 Å². The highest BCUT2D eigenvalue weighted by molar-refractivity contribution is 6.35. The van der Waals surface area contributed by atoms with Gasteiger partial charge in [0, 0.05) is 38.8 Å². The van der Waals surface area contributed by atoms with E-state index < -0.39 is 0 Å². The molecule has 0 atom stereocenters. The van der Waals surface area contributed by atoms with E-state index in [9.17, 15) is 4.79 Å². The highest BCUT2D eigenvalue weighted by Gasteiger charge is 2.14. The quantitative estimate of drug-likeness (QED) is 0.228. The molecule has 7 heteroatoms. The molecule has 34 heavy (non-hydrogen) atoms. The van der Waals surface area contributed by atoms with Gasteiger partial charge in [0.1, 0.15) is 5.75 Å². The summed E-state index contributed by atoms with van der Waals surface area (Å²) in [5, 5.41) is 6.52. The van der Waals surface area contributed by atoms with Crippen LogP contribution in [0.2, 0.25) is 10.0 Å². The number of nitrogens with zero attached hydrogens (tertiary/aromatic N) is 2. The maximum atomic E-state index is 12.4. The minimum Gasteiger partial charge on any atom is -0.494 e. The Balaban J connectivity index is 1.51. The van der Waals surface area contributed by atoms with Crippen molar-refractivity contribution in [1.82, 2.24) is 9.99 Å². The molecule has 5 nitrogen and oxygen atoms in total. The SMILES string of the molecule is CCOc1ccc(CC(=O)N/N=C\c2c(C)n(Cc3ccc(Cl)cc3Cl)c3ccccc23)cc1. The number of ether oxygens (including phenoxy) is 1. The van der Waals surface area contributed by atoms with E-state index in [1.165, 1.54) is 0 Å². The molecule has 4 aromatic rings. The number of carbonyl (C=O) groups excluding carboxylic acids is 1. The number of hydrazone groups is 1. The first kappa shape index (κ1) is 23.9. The van der Waals surface area contributed by atoms with Gasteiger partial charge in [-0.05, 0) is 55.3 Å². The Morgan fingerprint density at radius 2 is 1.85 bits per heavy atom. The molecule has 0 bridgehead atoms. The van der Waals surface area contributed by atoms with Gasteiger partial charge in [0.05, 0.1) is 19.2 Å². The first-order chi connectivity index (χ1) is 16.5.